The van der Waals surface area contributed by atoms with E-state index in [1.807, 2.05) is 32.3 Å². The fraction of sp³-hybridized carbons (Fsp3) is 0.500. The van der Waals surface area contributed by atoms with E-state index in [-0.39, 0.29) is 44.9 Å². The number of hydrogen-bond donors (Lipinski definition) is 1. The van der Waals surface area contributed by atoms with E-state index in [2.05, 4.69) is 4.72 Å². The molecule has 1 aromatic heterocycles. The summed E-state index contributed by atoms with van der Waals surface area (Å²) in [5.74, 6) is -1.23. The van der Waals surface area contributed by atoms with Crippen molar-refractivity contribution in [1.29, 1.82) is 0 Å². The van der Waals surface area contributed by atoms with Gasteiger partial charge in [0.15, 0.2) is 6.61 Å². The molecule has 1 N–H and O–H groups in total. The standard InChI is InChI=1S/C24H30Cl2N2O6S/c1-14(2)11-27-35(31,32)23-9-19(20(25)10-21(23)26)24(30)34-13-22(29)18-8-15(3)28(16(18)4)12-17-6-5-7-33-17/h8-10,14,17,27H,5-7,11-13H2,1-4H3/t17-/m1/s1. The summed E-state index contributed by atoms with van der Waals surface area (Å²) in [6.07, 6.45) is 2.12. The zero-order chi connectivity index (χ0) is 25.9. The Morgan fingerprint density at radius 3 is 2.51 bits per heavy atom. The summed E-state index contributed by atoms with van der Waals surface area (Å²) in [6, 6.07) is 4.00. The van der Waals surface area contributed by atoms with Crippen LogP contribution in [0.5, 0.6) is 0 Å². The van der Waals surface area contributed by atoms with E-state index in [9.17, 15) is 18.0 Å². The molecule has 1 saturated heterocycles. The number of esters is 1. The van der Waals surface area contributed by atoms with Gasteiger partial charge in [-0.3, -0.25) is 4.79 Å². The first kappa shape index (κ1) is 27.7. The number of halogens is 2. The first-order chi connectivity index (χ1) is 16.4. The first-order valence-electron chi connectivity index (χ1n) is 11.4. The summed E-state index contributed by atoms with van der Waals surface area (Å²) in [4.78, 5) is 25.3. The SMILES string of the molecule is Cc1cc(C(=O)COC(=O)c2cc(S(=O)(=O)NCC(C)C)c(Cl)cc2Cl)c(C)n1C[C@H]1CCCO1. The molecule has 8 nitrogen and oxygen atoms in total. The minimum atomic E-state index is -3.98. The predicted octanol–water partition coefficient (Wildman–Crippen LogP) is 4.56. The Labute approximate surface area is 215 Å². The van der Waals surface area contributed by atoms with Gasteiger partial charge in [0.05, 0.1) is 21.7 Å². The van der Waals surface area contributed by atoms with Gasteiger partial charge in [0.1, 0.15) is 4.90 Å². The van der Waals surface area contributed by atoms with Gasteiger partial charge in [0, 0.05) is 36.6 Å². The predicted molar refractivity (Wildman–Crippen MR) is 134 cm³/mol. The number of aryl methyl sites for hydroxylation is 1. The van der Waals surface area contributed by atoms with Crippen LogP contribution in [-0.2, 0) is 26.0 Å². The van der Waals surface area contributed by atoms with Crippen molar-refractivity contribution in [3.63, 3.8) is 0 Å². The Kier molecular flexibility index (Phi) is 9.04. The Bertz CT molecular complexity index is 1220. The lowest BCUT2D eigenvalue weighted by Crippen LogP contribution is -2.28. The molecule has 2 aromatic rings. The lowest BCUT2D eigenvalue weighted by atomic mass is 10.1. The third-order valence-corrected chi connectivity index (χ3v) is 8.03. The number of nitrogens with one attached hydrogen (secondary N) is 1. The van der Waals surface area contributed by atoms with Gasteiger partial charge in [-0.15, -0.1) is 0 Å². The number of hydrogen-bond acceptors (Lipinski definition) is 6. The molecule has 1 aromatic carbocycles. The zero-order valence-electron chi connectivity index (χ0n) is 20.2. The van der Waals surface area contributed by atoms with Gasteiger partial charge >= 0.3 is 5.97 Å². The second-order valence-corrected chi connectivity index (χ2v) is 11.6. The molecule has 0 bridgehead atoms. The number of ether oxygens (including phenoxy) is 2. The van der Waals surface area contributed by atoms with Crippen LogP contribution in [0.1, 0.15) is 58.8 Å². The lowest BCUT2D eigenvalue weighted by Gasteiger charge is -2.15. The molecule has 0 amide bonds. The van der Waals surface area contributed by atoms with Gasteiger partial charge in [-0.25, -0.2) is 17.9 Å². The highest BCUT2D eigenvalue weighted by atomic mass is 35.5. The summed E-state index contributed by atoms with van der Waals surface area (Å²) in [5.41, 5.74) is 1.94. The van der Waals surface area contributed by atoms with E-state index in [0.717, 1.165) is 36.9 Å². The third-order valence-electron chi connectivity index (χ3n) is 5.83. The fourth-order valence-electron chi connectivity index (χ4n) is 3.89. The largest absolute Gasteiger partial charge is 0.454 e. The van der Waals surface area contributed by atoms with E-state index in [4.69, 9.17) is 32.7 Å². The van der Waals surface area contributed by atoms with Crippen LogP contribution in [0.3, 0.4) is 0 Å². The highest BCUT2D eigenvalue weighted by Crippen LogP contribution is 2.29. The van der Waals surface area contributed by atoms with Crippen molar-refractivity contribution < 1.29 is 27.5 Å². The van der Waals surface area contributed by atoms with Crippen molar-refractivity contribution in [2.45, 2.75) is 58.1 Å². The van der Waals surface area contributed by atoms with Gasteiger partial charge in [0.2, 0.25) is 15.8 Å². The molecular weight excluding hydrogens is 515 g/mol. The van der Waals surface area contributed by atoms with Gasteiger partial charge < -0.3 is 14.0 Å². The molecule has 0 spiro atoms. The maximum Gasteiger partial charge on any atom is 0.340 e. The lowest BCUT2D eigenvalue weighted by molar-refractivity contribution is 0.0474. The van der Waals surface area contributed by atoms with Crippen LogP contribution in [0.4, 0.5) is 0 Å². The molecule has 192 valence electrons. The maximum absolute atomic E-state index is 12.8. The smallest absolute Gasteiger partial charge is 0.340 e. The molecule has 1 aliphatic heterocycles. The Balaban J connectivity index is 1.73. The van der Waals surface area contributed by atoms with Crippen LogP contribution >= 0.6 is 23.2 Å². The number of sulfonamides is 1. The number of Topliss-reactive ketones (excluding diaryl/α,β-unsaturated/α-hetero) is 1. The van der Waals surface area contributed by atoms with Gasteiger partial charge in [-0.1, -0.05) is 37.0 Å². The highest BCUT2D eigenvalue weighted by Gasteiger charge is 2.25. The summed E-state index contributed by atoms with van der Waals surface area (Å²) in [5, 5.41) is -0.206. The summed E-state index contributed by atoms with van der Waals surface area (Å²) in [7, 11) is -3.98. The molecule has 0 aliphatic carbocycles. The van der Waals surface area contributed by atoms with Crippen LogP contribution in [0.15, 0.2) is 23.1 Å². The number of benzene rings is 1. The molecule has 3 rings (SSSR count). The molecule has 35 heavy (non-hydrogen) atoms. The molecule has 0 saturated carbocycles. The fourth-order valence-corrected chi connectivity index (χ4v) is 5.95. The number of carbonyl (C=O) groups is 2. The van der Waals surface area contributed by atoms with Crippen molar-refractivity contribution in [2.75, 3.05) is 19.8 Å². The topological polar surface area (TPSA) is 104 Å². The Morgan fingerprint density at radius 2 is 1.89 bits per heavy atom. The van der Waals surface area contributed by atoms with Crippen LogP contribution in [0.25, 0.3) is 0 Å². The van der Waals surface area contributed by atoms with Crippen molar-refractivity contribution >= 4 is 45.0 Å². The normalized spacial score (nSPS) is 16.1. The molecule has 0 radical (unpaired) electrons. The van der Waals surface area contributed by atoms with E-state index in [1.165, 1.54) is 6.07 Å². The highest BCUT2D eigenvalue weighted by molar-refractivity contribution is 7.89. The van der Waals surface area contributed by atoms with Crippen molar-refractivity contribution in [1.82, 2.24) is 9.29 Å². The summed E-state index contributed by atoms with van der Waals surface area (Å²) < 4.78 is 40.6. The van der Waals surface area contributed by atoms with Crippen LogP contribution in [0.2, 0.25) is 10.0 Å². The average molecular weight is 545 g/mol. The number of aromatic nitrogens is 1. The zero-order valence-corrected chi connectivity index (χ0v) is 22.5. The minimum absolute atomic E-state index is 0.0685. The summed E-state index contributed by atoms with van der Waals surface area (Å²) >= 11 is 12.2. The van der Waals surface area contributed by atoms with Crippen LogP contribution < -0.4 is 4.72 Å². The second-order valence-electron chi connectivity index (χ2n) is 9.04. The van der Waals surface area contributed by atoms with E-state index < -0.39 is 22.6 Å². The van der Waals surface area contributed by atoms with E-state index in [0.29, 0.717) is 12.1 Å². The quantitative estimate of drug-likeness (QED) is 0.347. The molecule has 0 unspecified atom stereocenters. The number of nitrogens with zero attached hydrogens (tertiary/aromatic N) is 1. The monoisotopic (exact) mass is 544 g/mol. The maximum atomic E-state index is 12.8. The third kappa shape index (κ3) is 6.65. The number of carbonyl (C=O) groups excluding carboxylic acids is 2. The van der Waals surface area contributed by atoms with Gasteiger partial charge in [0.25, 0.3) is 0 Å². The molecule has 11 heteroatoms. The van der Waals surface area contributed by atoms with Crippen molar-refractivity contribution in [3.8, 4) is 0 Å². The Morgan fingerprint density at radius 1 is 1.17 bits per heavy atom. The minimum Gasteiger partial charge on any atom is -0.454 e. The average Bonchev–Trinajstić information content (AvgIpc) is 3.39. The Hall–Kier alpha value is -1.91. The molecule has 1 fully saturated rings. The van der Waals surface area contributed by atoms with Gasteiger partial charge in [-0.2, -0.15) is 0 Å². The van der Waals surface area contributed by atoms with Crippen LogP contribution in [-0.4, -0.2) is 50.6 Å². The van der Waals surface area contributed by atoms with Crippen molar-refractivity contribution in [2.24, 2.45) is 5.92 Å². The number of ketones is 1. The molecular formula is C24H30Cl2N2O6S. The molecule has 2 heterocycles. The molecule has 1 atom stereocenters. The number of rotatable bonds is 10. The van der Waals surface area contributed by atoms with E-state index in [1.54, 1.807) is 6.07 Å². The first-order valence-corrected chi connectivity index (χ1v) is 13.6. The van der Waals surface area contributed by atoms with E-state index >= 15 is 0 Å². The second kappa shape index (κ2) is 11.4. The van der Waals surface area contributed by atoms with Gasteiger partial charge in [-0.05, 0) is 50.8 Å². The van der Waals surface area contributed by atoms with Crippen LogP contribution in [0, 0.1) is 19.8 Å². The van der Waals surface area contributed by atoms with Crippen molar-refractivity contribution in [3.05, 3.63) is 50.8 Å². The summed E-state index contributed by atoms with van der Waals surface area (Å²) in [6.45, 7) is 8.54. The molecule has 1 aliphatic rings.